The Bertz CT molecular complexity index is 505. The van der Waals surface area contributed by atoms with Gasteiger partial charge in [0.15, 0.2) is 0 Å². The van der Waals surface area contributed by atoms with E-state index in [1.807, 2.05) is 0 Å². The second kappa shape index (κ2) is 4.83. The quantitative estimate of drug-likeness (QED) is 0.607. The summed E-state index contributed by atoms with van der Waals surface area (Å²) in [5.74, 6) is 1.93. The molecule has 1 saturated carbocycles. The van der Waals surface area contributed by atoms with Gasteiger partial charge in [0.05, 0.1) is 0 Å². The van der Waals surface area contributed by atoms with Crippen molar-refractivity contribution in [2.75, 3.05) is 13.2 Å². The summed E-state index contributed by atoms with van der Waals surface area (Å²) < 4.78 is 12.7. The van der Waals surface area contributed by atoms with E-state index in [1.54, 1.807) is 0 Å². The minimum Gasteiger partial charge on any atom is -0.393 e. The van der Waals surface area contributed by atoms with Crippen molar-refractivity contribution in [2.45, 2.75) is 30.8 Å². The van der Waals surface area contributed by atoms with E-state index in [9.17, 15) is 0 Å². The van der Waals surface area contributed by atoms with Crippen LogP contribution < -0.4 is 0 Å². The molecule has 3 heteroatoms. The Morgan fingerprint density at radius 2 is 1.75 bits per heavy atom. The van der Waals surface area contributed by atoms with Gasteiger partial charge in [0.2, 0.25) is 0 Å². The van der Waals surface area contributed by atoms with Crippen molar-refractivity contribution < 1.29 is 8.85 Å². The topological polar surface area (TPSA) is 18.5 Å². The van der Waals surface area contributed by atoms with Crippen LogP contribution in [0.3, 0.4) is 0 Å². The summed E-state index contributed by atoms with van der Waals surface area (Å²) >= 11 is 0. The minimum atomic E-state index is -1.98. The molecule has 0 N–H and O–H groups in total. The van der Waals surface area contributed by atoms with Crippen LogP contribution in [0.1, 0.15) is 24.3 Å². The van der Waals surface area contributed by atoms with Crippen LogP contribution in [0.4, 0.5) is 0 Å². The summed E-state index contributed by atoms with van der Waals surface area (Å²) in [5, 5.41) is 0. The van der Waals surface area contributed by atoms with Gasteiger partial charge >= 0.3 is 8.56 Å². The number of hydrogen-bond acceptors (Lipinski definition) is 2. The summed E-state index contributed by atoms with van der Waals surface area (Å²) in [6.45, 7) is 3.96. The average Bonchev–Trinajstić information content (AvgIpc) is 3.12. The lowest BCUT2D eigenvalue weighted by atomic mass is 10.0. The van der Waals surface area contributed by atoms with Gasteiger partial charge in [0.1, 0.15) is 0 Å². The Kier molecular flexibility index (Phi) is 3.09. The fraction of sp³-hybridized carbons (Fsp3) is 0.529. The third-order valence-electron chi connectivity index (χ3n) is 5.37. The Labute approximate surface area is 122 Å². The fourth-order valence-electron chi connectivity index (χ4n) is 4.14. The minimum absolute atomic E-state index is 0.408. The standard InChI is InChI=1S/C17H22O2Si/c1-20(17-10-13-7-8-15(17)9-13)18-11-16(12-19-20)14-5-3-2-4-6-14/h2-8,13,15-17H,9-12H2,1H3. The summed E-state index contributed by atoms with van der Waals surface area (Å²) in [4.78, 5) is 0. The molecule has 106 valence electrons. The van der Waals surface area contributed by atoms with Crippen LogP contribution in [0.5, 0.6) is 0 Å². The Morgan fingerprint density at radius 1 is 1.00 bits per heavy atom. The number of rotatable bonds is 2. The maximum absolute atomic E-state index is 6.35. The van der Waals surface area contributed by atoms with Crippen LogP contribution in [0, 0.1) is 11.8 Å². The van der Waals surface area contributed by atoms with Gasteiger partial charge in [-0.15, -0.1) is 0 Å². The molecule has 1 heterocycles. The van der Waals surface area contributed by atoms with Crippen molar-refractivity contribution in [1.29, 1.82) is 0 Å². The van der Waals surface area contributed by atoms with Gasteiger partial charge < -0.3 is 8.85 Å². The molecule has 1 aromatic rings. The van der Waals surface area contributed by atoms with Gasteiger partial charge in [-0.2, -0.15) is 0 Å². The predicted molar refractivity (Wildman–Crippen MR) is 81.8 cm³/mol. The molecule has 20 heavy (non-hydrogen) atoms. The van der Waals surface area contributed by atoms with E-state index in [4.69, 9.17) is 8.85 Å². The zero-order valence-electron chi connectivity index (χ0n) is 12.0. The Morgan fingerprint density at radius 3 is 2.35 bits per heavy atom. The van der Waals surface area contributed by atoms with Crippen molar-refractivity contribution >= 4 is 8.56 Å². The van der Waals surface area contributed by atoms with Gasteiger partial charge in [-0.1, -0.05) is 42.5 Å². The molecule has 0 amide bonds. The molecule has 3 aliphatic rings. The van der Waals surface area contributed by atoms with Gasteiger partial charge in [0.25, 0.3) is 0 Å². The fourth-order valence-corrected chi connectivity index (χ4v) is 7.47. The zero-order valence-corrected chi connectivity index (χ0v) is 13.0. The number of hydrogen-bond donors (Lipinski definition) is 0. The molecule has 1 aromatic carbocycles. The normalized spacial score (nSPS) is 43.0. The molecule has 3 atom stereocenters. The molecule has 0 spiro atoms. The Balaban J connectivity index is 1.45. The summed E-state index contributed by atoms with van der Waals surface area (Å²) in [7, 11) is -1.98. The van der Waals surface area contributed by atoms with Crippen LogP contribution >= 0.6 is 0 Å². The molecule has 2 nitrogen and oxygen atoms in total. The zero-order chi connectivity index (χ0) is 13.6. The molecule has 0 aromatic heterocycles. The highest BCUT2D eigenvalue weighted by atomic mass is 28.4. The van der Waals surface area contributed by atoms with Crippen LogP contribution in [0.25, 0.3) is 0 Å². The van der Waals surface area contributed by atoms with E-state index in [-0.39, 0.29) is 0 Å². The molecule has 1 aliphatic heterocycles. The highest BCUT2D eigenvalue weighted by molar-refractivity contribution is 6.68. The molecule has 1 saturated heterocycles. The van der Waals surface area contributed by atoms with E-state index in [0.29, 0.717) is 11.5 Å². The highest BCUT2D eigenvalue weighted by Gasteiger charge is 2.52. The maximum Gasteiger partial charge on any atom is 0.338 e. The largest absolute Gasteiger partial charge is 0.393 e. The van der Waals surface area contributed by atoms with Crippen molar-refractivity contribution in [3.05, 3.63) is 48.0 Å². The Hall–Kier alpha value is -0.903. The van der Waals surface area contributed by atoms with Crippen molar-refractivity contribution in [1.82, 2.24) is 0 Å². The first-order valence-corrected chi connectivity index (χ1v) is 10.2. The summed E-state index contributed by atoms with van der Waals surface area (Å²) in [5.41, 5.74) is 2.02. The van der Waals surface area contributed by atoms with Gasteiger partial charge in [-0.25, -0.2) is 0 Å². The first-order chi connectivity index (χ1) is 9.74. The van der Waals surface area contributed by atoms with E-state index in [0.717, 1.165) is 25.0 Å². The molecular weight excluding hydrogens is 264 g/mol. The molecule has 0 radical (unpaired) electrons. The van der Waals surface area contributed by atoms with Crippen LogP contribution in [0.15, 0.2) is 42.5 Å². The second-order valence-corrected chi connectivity index (χ2v) is 9.98. The van der Waals surface area contributed by atoms with E-state index in [2.05, 4.69) is 49.0 Å². The molecular formula is C17H22O2Si. The predicted octanol–water partition coefficient (Wildman–Crippen LogP) is 3.86. The molecule has 2 aliphatic carbocycles. The number of benzene rings is 1. The van der Waals surface area contributed by atoms with Crippen LogP contribution in [0.2, 0.25) is 12.1 Å². The van der Waals surface area contributed by atoms with Crippen LogP contribution in [-0.2, 0) is 8.85 Å². The van der Waals surface area contributed by atoms with Crippen LogP contribution in [-0.4, -0.2) is 21.8 Å². The SMILES string of the molecule is C[Si]1(C2CC3C=CC2C3)OCC(c2ccccc2)CO1. The average molecular weight is 286 g/mol. The molecule has 3 unspecified atom stereocenters. The number of fused-ring (bicyclic) bond motifs is 2. The molecule has 2 fully saturated rings. The lowest BCUT2D eigenvalue weighted by molar-refractivity contribution is 0.0832. The van der Waals surface area contributed by atoms with Crippen molar-refractivity contribution in [3.63, 3.8) is 0 Å². The molecule has 2 bridgehead atoms. The highest BCUT2D eigenvalue weighted by Crippen LogP contribution is 2.53. The monoisotopic (exact) mass is 286 g/mol. The van der Waals surface area contributed by atoms with Gasteiger partial charge in [-0.05, 0) is 36.8 Å². The van der Waals surface area contributed by atoms with Gasteiger partial charge in [0, 0.05) is 24.7 Å². The van der Waals surface area contributed by atoms with E-state index < -0.39 is 8.56 Å². The first-order valence-electron chi connectivity index (χ1n) is 7.76. The summed E-state index contributed by atoms with van der Waals surface area (Å²) in [6.07, 6.45) is 7.43. The third kappa shape index (κ3) is 2.08. The molecule has 4 rings (SSSR count). The lowest BCUT2D eigenvalue weighted by Crippen LogP contribution is -2.50. The third-order valence-corrected chi connectivity index (χ3v) is 8.86. The van der Waals surface area contributed by atoms with E-state index in [1.165, 1.54) is 18.4 Å². The maximum atomic E-state index is 6.35. The lowest BCUT2D eigenvalue weighted by Gasteiger charge is -2.41. The van der Waals surface area contributed by atoms with Gasteiger partial charge in [-0.3, -0.25) is 0 Å². The summed E-state index contributed by atoms with van der Waals surface area (Å²) in [6, 6.07) is 10.6. The number of allylic oxidation sites excluding steroid dienone is 2. The van der Waals surface area contributed by atoms with Crippen molar-refractivity contribution in [2.24, 2.45) is 11.8 Å². The van der Waals surface area contributed by atoms with Crippen molar-refractivity contribution in [3.8, 4) is 0 Å². The van der Waals surface area contributed by atoms with E-state index >= 15 is 0 Å². The second-order valence-electron chi connectivity index (χ2n) is 6.63. The smallest absolute Gasteiger partial charge is 0.338 e. The first kappa shape index (κ1) is 12.8.